The van der Waals surface area contributed by atoms with Crippen LogP contribution in [0.5, 0.6) is 0 Å². The highest BCUT2D eigenvalue weighted by Crippen LogP contribution is 2.22. The van der Waals surface area contributed by atoms with Crippen molar-refractivity contribution in [2.75, 3.05) is 0 Å². The highest BCUT2D eigenvalue weighted by atomic mass is 16.4. The first-order valence-corrected chi connectivity index (χ1v) is 7.50. The first-order valence-electron chi connectivity index (χ1n) is 7.50. The molecule has 0 spiro atoms. The summed E-state index contributed by atoms with van der Waals surface area (Å²) < 4.78 is 0. The van der Waals surface area contributed by atoms with Crippen LogP contribution in [0.3, 0.4) is 0 Å². The maximum Gasteiger partial charge on any atom is 0.488 e. The van der Waals surface area contributed by atoms with Gasteiger partial charge in [-0.3, -0.25) is 0 Å². The summed E-state index contributed by atoms with van der Waals surface area (Å²) in [5, 5.41) is 19.2. The zero-order valence-electron chi connectivity index (χ0n) is 13.7. The Morgan fingerprint density at radius 2 is 1.61 bits per heavy atom. The van der Waals surface area contributed by atoms with Gasteiger partial charge in [0, 0.05) is 0 Å². The zero-order chi connectivity index (χ0) is 17.2. The molecule has 0 aliphatic heterocycles. The van der Waals surface area contributed by atoms with Crippen molar-refractivity contribution >= 4 is 23.7 Å². The van der Waals surface area contributed by atoms with Gasteiger partial charge in [0.25, 0.3) is 0 Å². The average molecular weight is 306 g/mol. The van der Waals surface area contributed by atoms with E-state index in [2.05, 4.69) is 13.2 Å². The SMILES string of the molecule is C=C/C=C(\C=C)c1cc(B(O)O)cc(C(/C=C\C)=C/C=C\C)c1. The highest BCUT2D eigenvalue weighted by molar-refractivity contribution is 6.58. The van der Waals surface area contributed by atoms with Crippen molar-refractivity contribution in [3.05, 3.63) is 91.1 Å². The fraction of sp³-hybridized carbons (Fsp3) is 0.100. The summed E-state index contributed by atoms with van der Waals surface area (Å²) in [6.45, 7) is 11.4. The highest BCUT2D eigenvalue weighted by Gasteiger charge is 2.14. The molecule has 0 radical (unpaired) electrons. The summed E-state index contributed by atoms with van der Waals surface area (Å²) in [6.07, 6.45) is 15.1. The van der Waals surface area contributed by atoms with E-state index < -0.39 is 7.12 Å². The van der Waals surface area contributed by atoms with E-state index in [1.807, 2.05) is 56.4 Å². The molecule has 0 fully saturated rings. The van der Waals surface area contributed by atoms with Gasteiger partial charge >= 0.3 is 7.12 Å². The number of rotatable bonds is 7. The van der Waals surface area contributed by atoms with Crippen LogP contribution in [0.25, 0.3) is 11.1 Å². The monoisotopic (exact) mass is 306 g/mol. The van der Waals surface area contributed by atoms with Crippen molar-refractivity contribution in [1.29, 1.82) is 0 Å². The third-order valence-electron chi connectivity index (χ3n) is 3.25. The van der Waals surface area contributed by atoms with Gasteiger partial charge in [-0.15, -0.1) is 0 Å². The van der Waals surface area contributed by atoms with E-state index in [1.165, 1.54) is 0 Å². The minimum absolute atomic E-state index is 0.435. The van der Waals surface area contributed by atoms with Crippen LogP contribution >= 0.6 is 0 Å². The van der Waals surface area contributed by atoms with E-state index in [9.17, 15) is 10.0 Å². The Balaban J connectivity index is 3.59. The van der Waals surface area contributed by atoms with E-state index in [-0.39, 0.29) is 0 Å². The summed E-state index contributed by atoms with van der Waals surface area (Å²) in [4.78, 5) is 0. The molecular formula is C20H23BO2. The van der Waals surface area contributed by atoms with Crippen molar-refractivity contribution in [3.8, 4) is 0 Å². The fourth-order valence-electron chi connectivity index (χ4n) is 2.17. The Kier molecular flexibility index (Phi) is 7.82. The largest absolute Gasteiger partial charge is 0.488 e. The summed E-state index contributed by atoms with van der Waals surface area (Å²) in [6, 6.07) is 5.52. The maximum absolute atomic E-state index is 9.58. The van der Waals surface area contributed by atoms with E-state index in [0.29, 0.717) is 5.46 Å². The quantitative estimate of drug-likeness (QED) is 0.596. The van der Waals surface area contributed by atoms with Crippen molar-refractivity contribution in [3.63, 3.8) is 0 Å². The number of hydrogen-bond acceptors (Lipinski definition) is 2. The van der Waals surface area contributed by atoms with Gasteiger partial charge < -0.3 is 10.0 Å². The van der Waals surface area contributed by atoms with Gasteiger partial charge in [0.2, 0.25) is 0 Å². The lowest BCUT2D eigenvalue weighted by Gasteiger charge is -2.11. The molecule has 0 bridgehead atoms. The summed E-state index contributed by atoms with van der Waals surface area (Å²) in [5.41, 5.74) is 4.05. The van der Waals surface area contributed by atoms with Crippen LogP contribution in [-0.2, 0) is 0 Å². The second-order valence-corrected chi connectivity index (χ2v) is 4.93. The standard InChI is InChI=1S/C20H23BO2/c1-5-9-12-17(11-7-3)19-13-18(16(8-4)10-6-2)14-20(15-19)21(22)23/h5-15,22-23H,2,4H2,1,3H3/b9-5-,11-7-,16-10+,17-12+. The predicted molar refractivity (Wildman–Crippen MR) is 102 cm³/mol. The molecule has 0 aliphatic rings. The molecule has 1 aromatic rings. The van der Waals surface area contributed by atoms with Crippen molar-refractivity contribution < 1.29 is 10.0 Å². The van der Waals surface area contributed by atoms with Crippen LogP contribution in [0.15, 0.2) is 80.0 Å². The Morgan fingerprint density at radius 1 is 0.957 bits per heavy atom. The fourth-order valence-corrected chi connectivity index (χ4v) is 2.17. The lowest BCUT2D eigenvalue weighted by atomic mass is 9.77. The Morgan fingerprint density at radius 3 is 2.09 bits per heavy atom. The Hall–Kier alpha value is -2.36. The summed E-state index contributed by atoms with van der Waals surface area (Å²) in [7, 11) is -1.53. The smallest absolute Gasteiger partial charge is 0.423 e. The van der Waals surface area contributed by atoms with Gasteiger partial charge in [0.15, 0.2) is 0 Å². The van der Waals surface area contributed by atoms with Crippen LogP contribution in [0.2, 0.25) is 0 Å². The Bertz CT molecular complexity index is 677. The van der Waals surface area contributed by atoms with Gasteiger partial charge in [0.05, 0.1) is 0 Å². The minimum Gasteiger partial charge on any atom is -0.423 e. The molecule has 0 aliphatic carbocycles. The van der Waals surface area contributed by atoms with E-state index in [0.717, 1.165) is 22.3 Å². The second kappa shape index (κ2) is 9.62. The Labute approximate surface area is 139 Å². The first-order chi connectivity index (χ1) is 11.1. The molecule has 23 heavy (non-hydrogen) atoms. The third kappa shape index (κ3) is 5.40. The molecule has 0 heterocycles. The van der Waals surface area contributed by atoms with Crippen LogP contribution < -0.4 is 5.46 Å². The number of hydrogen-bond donors (Lipinski definition) is 2. The second-order valence-electron chi connectivity index (χ2n) is 4.93. The molecule has 0 unspecified atom stereocenters. The third-order valence-corrected chi connectivity index (χ3v) is 3.25. The van der Waals surface area contributed by atoms with Crippen molar-refractivity contribution in [2.24, 2.45) is 0 Å². The van der Waals surface area contributed by atoms with Gasteiger partial charge in [0.1, 0.15) is 0 Å². The van der Waals surface area contributed by atoms with Crippen molar-refractivity contribution in [1.82, 2.24) is 0 Å². The molecule has 2 nitrogen and oxygen atoms in total. The molecule has 0 aromatic heterocycles. The minimum atomic E-state index is -1.53. The topological polar surface area (TPSA) is 40.5 Å². The molecular weight excluding hydrogens is 283 g/mol. The van der Waals surface area contributed by atoms with E-state index >= 15 is 0 Å². The summed E-state index contributed by atoms with van der Waals surface area (Å²) in [5.74, 6) is 0. The molecule has 2 N–H and O–H groups in total. The lowest BCUT2D eigenvalue weighted by Crippen LogP contribution is -2.30. The molecule has 3 heteroatoms. The average Bonchev–Trinajstić information content (AvgIpc) is 2.55. The molecule has 1 aromatic carbocycles. The lowest BCUT2D eigenvalue weighted by molar-refractivity contribution is 0.426. The number of benzene rings is 1. The van der Waals surface area contributed by atoms with Gasteiger partial charge in [-0.25, -0.2) is 0 Å². The van der Waals surface area contributed by atoms with Gasteiger partial charge in [-0.1, -0.05) is 73.9 Å². The van der Waals surface area contributed by atoms with Crippen LogP contribution in [-0.4, -0.2) is 17.2 Å². The molecule has 118 valence electrons. The van der Waals surface area contributed by atoms with Crippen molar-refractivity contribution in [2.45, 2.75) is 13.8 Å². The summed E-state index contributed by atoms with van der Waals surface area (Å²) >= 11 is 0. The van der Waals surface area contributed by atoms with Gasteiger partial charge in [-0.05, 0) is 47.6 Å². The first kappa shape index (κ1) is 18.7. The van der Waals surface area contributed by atoms with E-state index in [4.69, 9.17) is 0 Å². The molecule has 0 atom stereocenters. The van der Waals surface area contributed by atoms with E-state index in [1.54, 1.807) is 24.3 Å². The van der Waals surface area contributed by atoms with Crippen LogP contribution in [0, 0.1) is 0 Å². The zero-order valence-corrected chi connectivity index (χ0v) is 13.7. The maximum atomic E-state index is 9.58. The number of allylic oxidation sites excluding steroid dienone is 10. The molecule has 0 amide bonds. The van der Waals surface area contributed by atoms with Crippen LogP contribution in [0.4, 0.5) is 0 Å². The molecule has 1 rings (SSSR count). The predicted octanol–water partition coefficient (Wildman–Crippen LogP) is 3.66. The van der Waals surface area contributed by atoms with Gasteiger partial charge in [-0.2, -0.15) is 0 Å². The van der Waals surface area contributed by atoms with Crippen LogP contribution in [0.1, 0.15) is 25.0 Å². The molecule has 0 saturated heterocycles. The normalized spacial score (nSPS) is 12.9. The molecule has 0 saturated carbocycles.